The summed E-state index contributed by atoms with van der Waals surface area (Å²) < 4.78 is 80.3. The number of carbonyl (C=O) groups excluding carboxylic acids is 3. The zero-order valence-corrected chi connectivity index (χ0v) is 55.8. The number of halogens is 3. The summed E-state index contributed by atoms with van der Waals surface area (Å²) in [5, 5.41) is 7.36. The molecular weight excluding hydrogens is 1110 g/mol. The number of aromatic nitrogens is 1. The summed E-state index contributed by atoms with van der Waals surface area (Å²) >= 11 is 0. The number of carbonyl (C=O) groups is 3. The number of ether oxygens (including phenoxy) is 3. The van der Waals surface area contributed by atoms with Crippen molar-refractivity contribution < 1.29 is 55.0 Å². The SMILES string of the molecule is CC(C)(C)OC(=O)NCC(C(=O)Nc1ccc2cnccc2c1)c1ccc(COC(=O)CCC/C=C\CC2[C@@H](O[Si](C)(C)C(C)(C)C)C[C@@H](O[Si](C)(C)C(C)(C)C)[C@@H]2/C=C/[C@H](COc2cccc(C(F)(F)F)c2)O[Si](C)(C)C(C)(C)C)cc1. The summed E-state index contributed by atoms with van der Waals surface area (Å²) in [5.41, 5.74) is 0.516. The molecule has 3 aromatic carbocycles. The van der Waals surface area contributed by atoms with Gasteiger partial charge >= 0.3 is 18.2 Å². The molecule has 4 aromatic rings. The number of hydrogen-bond donors (Lipinski definition) is 2. The van der Waals surface area contributed by atoms with E-state index in [0.29, 0.717) is 36.9 Å². The van der Waals surface area contributed by atoms with E-state index in [-0.39, 0.29) is 83.0 Å². The van der Waals surface area contributed by atoms with Gasteiger partial charge in [-0.1, -0.05) is 123 Å². The number of alkyl halides is 3. The second kappa shape index (κ2) is 27.9. The van der Waals surface area contributed by atoms with Crippen molar-refractivity contribution in [1.29, 1.82) is 0 Å². The number of alkyl carbamates (subject to hydrolysis) is 1. The van der Waals surface area contributed by atoms with Crippen LogP contribution in [0.3, 0.4) is 0 Å². The van der Waals surface area contributed by atoms with Gasteiger partial charge in [0.05, 0.1) is 29.8 Å². The van der Waals surface area contributed by atoms with Crippen LogP contribution in [0.15, 0.2) is 109 Å². The molecule has 18 heteroatoms. The number of esters is 1. The van der Waals surface area contributed by atoms with Gasteiger partial charge in [-0.25, -0.2) is 4.79 Å². The minimum absolute atomic E-state index is 0.0163. The highest BCUT2D eigenvalue weighted by atomic mass is 28.4. The van der Waals surface area contributed by atoms with Crippen LogP contribution in [0.5, 0.6) is 5.75 Å². The van der Waals surface area contributed by atoms with E-state index in [1.165, 1.54) is 6.07 Å². The van der Waals surface area contributed by atoms with Crippen molar-refractivity contribution in [3.8, 4) is 5.75 Å². The maximum atomic E-state index is 13.8. The predicted molar refractivity (Wildman–Crippen MR) is 335 cm³/mol. The number of unbranched alkanes of at least 4 members (excludes halogenated alkanes) is 1. The van der Waals surface area contributed by atoms with Gasteiger partial charge in [-0.2, -0.15) is 13.2 Å². The van der Waals surface area contributed by atoms with Gasteiger partial charge in [0.25, 0.3) is 0 Å². The fraction of sp³-hybridized carbons (Fsp3) is 0.569. The number of benzene rings is 3. The lowest BCUT2D eigenvalue weighted by Crippen LogP contribution is -2.45. The van der Waals surface area contributed by atoms with Crippen LogP contribution in [0.2, 0.25) is 54.4 Å². The smallest absolute Gasteiger partial charge is 0.416 e. The molecule has 1 fully saturated rings. The zero-order chi connectivity index (χ0) is 62.0. The molecule has 5 rings (SSSR count). The van der Waals surface area contributed by atoms with Crippen LogP contribution in [0, 0.1) is 11.8 Å². The zero-order valence-electron chi connectivity index (χ0n) is 52.8. The van der Waals surface area contributed by atoms with Crippen LogP contribution >= 0.6 is 0 Å². The first-order chi connectivity index (χ1) is 38.2. The van der Waals surface area contributed by atoms with Crippen molar-refractivity contribution in [3.63, 3.8) is 0 Å². The third kappa shape index (κ3) is 20.5. The summed E-state index contributed by atoms with van der Waals surface area (Å²) in [6.45, 7) is 38.8. The molecule has 0 radical (unpaired) electrons. The maximum absolute atomic E-state index is 13.8. The van der Waals surface area contributed by atoms with E-state index >= 15 is 0 Å². The van der Waals surface area contributed by atoms with Crippen LogP contribution in [0.1, 0.15) is 138 Å². The highest BCUT2D eigenvalue weighted by Gasteiger charge is 2.51. The molecule has 0 aliphatic heterocycles. The highest BCUT2D eigenvalue weighted by Crippen LogP contribution is 2.48. The number of pyridine rings is 1. The number of nitrogens with zero attached hydrogens (tertiary/aromatic N) is 1. The molecule has 2 amide bonds. The summed E-state index contributed by atoms with van der Waals surface area (Å²) in [6.07, 6.45) is 8.94. The Kier molecular flexibility index (Phi) is 23.1. The monoisotopic (exact) mass is 1200 g/mol. The number of anilines is 1. The molecule has 0 saturated heterocycles. The van der Waals surface area contributed by atoms with E-state index in [4.69, 9.17) is 27.5 Å². The molecule has 1 heterocycles. The minimum atomic E-state index is -4.51. The molecule has 83 heavy (non-hydrogen) atoms. The molecule has 0 bridgehead atoms. The van der Waals surface area contributed by atoms with E-state index in [2.05, 4.69) is 142 Å². The number of amides is 2. The Morgan fingerprint density at radius 1 is 0.747 bits per heavy atom. The fourth-order valence-electron chi connectivity index (χ4n) is 8.98. The van der Waals surface area contributed by atoms with Crippen LogP contribution in [-0.2, 0) is 45.1 Å². The van der Waals surface area contributed by atoms with Gasteiger partial charge in [-0.3, -0.25) is 14.6 Å². The topological polar surface area (TPSA) is 144 Å². The summed E-state index contributed by atoms with van der Waals surface area (Å²) in [4.78, 5) is 43.8. The normalized spacial score (nSPS) is 18.6. The minimum Gasteiger partial charge on any atom is -0.491 e. The second-order valence-electron chi connectivity index (χ2n) is 27.8. The summed E-state index contributed by atoms with van der Waals surface area (Å²) in [7, 11) is -7.01. The first kappa shape index (κ1) is 68.7. The number of nitrogens with one attached hydrogen (secondary N) is 2. The Balaban J connectivity index is 1.30. The van der Waals surface area contributed by atoms with E-state index in [9.17, 15) is 27.6 Å². The van der Waals surface area contributed by atoms with Gasteiger partial charge in [0.2, 0.25) is 5.91 Å². The molecular formula is C65H96F3N3O9Si3. The number of fused-ring (bicyclic) bond motifs is 1. The van der Waals surface area contributed by atoms with Crippen molar-refractivity contribution in [2.75, 3.05) is 18.5 Å². The van der Waals surface area contributed by atoms with Gasteiger partial charge < -0.3 is 38.1 Å². The molecule has 0 spiro atoms. The molecule has 12 nitrogen and oxygen atoms in total. The molecule has 2 N–H and O–H groups in total. The van der Waals surface area contributed by atoms with Crippen molar-refractivity contribution in [2.24, 2.45) is 11.8 Å². The largest absolute Gasteiger partial charge is 0.491 e. The molecule has 1 aliphatic rings. The first-order valence-electron chi connectivity index (χ1n) is 29.3. The Morgan fingerprint density at radius 2 is 1.39 bits per heavy atom. The number of rotatable bonds is 24. The van der Waals surface area contributed by atoms with Gasteiger partial charge in [0.1, 0.15) is 24.6 Å². The lowest BCUT2D eigenvalue weighted by atomic mass is 9.89. The van der Waals surface area contributed by atoms with Crippen LogP contribution < -0.4 is 15.4 Å². The predicted octanol–water partition coefficient (Wildman–Crippen LogP) is 17.1. The average Bonchev–Trinajstić information content (AvgIpc) is 3.31. The van der Waals surface area contributed by atoms with Gasteiger partial charge in [0, 0.05) is 42.4 Å². The third-order valence-corrected chi connectivity index (χ3v) is 30.4. The molecule has 1 aliphatic carbocycles. The van der Waals surface area contributed by atoms with Gasteiger partial charge in [-0.15, -0.1) is 0 Å². The number of hydrogen-bond acceptors (Lipinski definition) is 10. The van der Waals surface area contributed by atoms with Crippen molar-refractivity contribution in [2.45, 2.75) is 212 Å². The fourth-order valence-corrected chi connectivity index (χ4v) is 13.0. The molecule has 2 unspecified atom stereocenters. The highest BCUT2D eigenvalue weighted by molar-refractivity contribution is 6.75. The molecule has 1 saturated carbocycles. The number of allylic oxidation sites excluding steroid dienone is 2. The third-order valence-electron chi connectivity index (χ3n) is 16.9. The van der Waals surface area contributed by atoms with E-state index in [1.54, 1.807) is 51.4 Å². The van der Waals surface area contributed by atoms with Crippen molar-refractivity contribution in [1.82, 2.24) is 10.3 Å². The van der Waals surface area contributed by atoms with E-state index in [0.717, 1.165) is 28.5 Å². The maximum Gasteiger partial charge on any atom is 0.416 e. The first-order valence-corrected chi connectivity index (χ1v) is 38.0. The lowest BCUT2D eigenvalue weighted by Gasteiger charge is -2.40. The summed E-state index contributed by atoms with van der Waals surface area (Å²) in [5.74, 6) is -1.35. The summed E-state index contributed by atoms with van der Waals surface area (Å²) in [6, 6.07) is 19.6. The Morgan fingerprint density at radius 3 is 2.00 bits per heavy atom. The van der Waals surface area contributed by atoms with Gasteiger partial charge in [0.15, 0.2) is 25.0 Å². The molecule has 458 valence electrons. The van der Waals surface area contributed by atoms with Crippen LogP contribution in [0.25, 0.3) is 10.8 Å². The molecule has 1 aromatic heterocycles. The van der Waals surface area contributed by atoms with Crippen molar-refractivity contribution in [3.05, 3.63) is 126 Å². The van der Waals surface area contributed by atoms with Crippen molar-refractivity contribution >= 4 is 59.4 Å². The Hall–Kier alpha value is -5.12. The standard InChI is InChI=1S/C65H96F3N3O9Si3/c1-61(2,3)77-60(74)70-42-55(59(73)71-50-33-32-48-41-69-37-36-47(48)38-50)46-30-28-45(29-31-46)43-76-58(72)27-22-20-19-21-26-53-54(57(80-83(17,18)64(10,11)12)40-56(53)79-82(15,16)63(7,8)9)35-34-52(78-81(13,14)62(4,5)6)44-75-51-25-23-24-49(39-51)65(66,67)68/h19,21,23-25,28-39,41,52-57H,20,22,26-27,40,42-44H2,1-18H3,(H,70,74)(H,71,73)/b21-19-,35-34+/t52-,53?,54-,55?,56+,57-/m1/s1. The van der Waals surface area contributed by atoms with E-state index in [1.807, 2.05) is 36.4 Å². The van der Waals surface area contributed by atoms with Gasteiger partial charge in [-0.05, 0) is 160 Å². The average molecular weight is 1200 g/mol. The van der Waals surface area contributed by atoms with Crippen LogP contribution in [0.4, 0.5) is 23.7 Å². The Labute approximate surface area is 496 Å². The van der Waals surface area contributed by atoms with Crippen LogP contribution in [-0.4, -0.2) is 85.0 Å². The van der Waals surface area contributed by atoms with E-state index < -0.39 is 60.4 Å². The Bertz CT molecular complexity index is 2850. The lowest BCUT2D eigenvalue weighted by molar-refractivity contribution is -0.145. The second-order valence-corrected chi connectivity index (χ2v) is 42.1. The molecule has 6 atom stereocenters. The quantitative estimate of drug-likeness (QED) is 0.0301.